The molecule has 4 nitrogen and oxygen atoms in total. The second kappa shape index (κ2) is 8.80. The van der Waals surface area contributed by atoms with Gasteiger partial charge < -0.3 is 10.1 Å². The van der Waals surface area contributed by atoms with E-state index in [4.69, 9.17) is 4.74 Å². The van der Waals surface area contributed by atoms with Crippen molar-refractivity contribution in [2.45, 2.75) is 6.92 Å². The average molecular weight is 395 g/mol. The Hall–Kier alpha value is -1.92. The van der Waals surface area contributed by atoms with Gasteiger partial charge in [-0.15, -0.1) is 0 Å². The first-order chi connectivity index (χ1) is 11.4. The van der Waals surface area contributed by atoms with Gasteiger partial charge in [0.05, 0.1) is 6.54 Å². The molecule has 0 aliphatic rings. The summed E-state index contributed by atoms with van der Waals surface area (Å²) in [5, 5.41) is 2.89. The molecule has 1 amide bonds. The zero-order valence-corrected chi connectivity index (χ0v) is 15.3. The summed E-state index contributed by atoms with van der Waals surface area (Å²) in [5.41, 5.74) is 1.79. The Morgan fingerprint density at radius 3 is 2.79 bits per heavy atom. The molecule has 1 N–H and O–H groups in total. The third-order valence-electron chi connectivity index (χ3n) is 3.41. The van der Waals surface area contributed by atoms with Crippen LogP contribution in [0.3, 0.4) is 0 Å². The van der Waals surface area contributed by atoms with E-state index in [0.717, 1.165) is 15.7 Å². The number of benzene rings is 2. The molecule has 2 aromatic carbocycles. The highest BCUT2D eigenvalue weighted by atomic mass is 79.9. The fourth-order valence-corrected chi connectivity index (χ4v) is 2.63. The van der Waals surface area contributed by atoms with Crippen LogP contribution in [0.15, 0.2) is 46.9 Å². The van der Waals surface area contributed by atoms with Gasteiger partial charge in [0.2, 0.25) is 5.91 Å². The fraction of sp³-hybridized carbons (Fsp3) is 0.278. The Balaban J connectivity index is 1.75. The van der Waals surface area contributed by atoms with Gasteiger partial charge in [0, 0.05) is 22.8 Å². The molecule has 128 valence electrons. The van der Waals surface area contributed by atoms with Crippen LogP contribution in [-0.2, 0) is 4.79 Å². The zero-order chi connectivity index (χ0) is 17.5. The first kappa shape index (κ1) is 18.4. The molecule has 24 heavy (non-hydrogen) atoms. The van der Waals surface area contributed by atoms with E-state index in [9.17, 15) is 9.18 Å². The van der Waals surface area contributed by atoms with Crippen LogP contribution in [0.1, 0.15) is 5.56 Å². The highest BCUT2D eigenvalue weighted by Gasteiger charge is 2.09. The van der Waals surface area contributed by atoms with Crippen molar-refractivity contribution in [2.75, 3.05) is 32.1 Å². The van der Waals surface area contributed by atoms with Crippen LogP contribution in [0, 0.1) is 12.7 Å². The average Bonchev–Trinajstić information content (AvgIpc) is 2.50. The summed E-state index contributed by atoms with van der Waals surface area (Å²) in [6, 6.07) is 11.7. The van der Waals surface area contributed by atoms with Gasteiger partial charge in [-0.1, -0.05) is 22.0 Å². The lowest BCUT2D eigenvalue weighted by atomic mass is 10.2. The molecule has 2 aromatic rings. The number of halogens is 2. The number of aryl methyl sites for hydroxylation is 1. The smallest absolute Gasteiger partial charge is 0.238 e. The molecule has 0 saturated heterocycles. The molecule has 0 heterocycles. The SMILES string of the molecule is Cc1cc(Br)ccc1NC(=O)CN(C)CCOc1cccc(F)c1. The highest BCUT2D eigenvalue weighted by molar-refractivity contribution is 9.10. The van der Waals surface area contributed by atoms with Gasteiger partial charge >= 0.3 is 0 Å². The lowest BCUT2D eigenvalue weighted by Crippen LogP contribution is -2.33. The minimum Gasteiger partial charge on any atom is -0.492 e. The number of hydrogen-bond acceptors (Lipinski definition) is 3. The Morgan fingerprint density at radius 2 is 2.08 bits per heavy atom. The van der Waals surface area contributed by atoms with Gasteiger partial charge in [-0.05, 0) is 49.9 Å². The van der Waals surface area contributed by atoms with E-state index in [1.165, 1.54) is 12.1 Å². The monoisotopic (exact) mass is 394 g/mol. The number of nitrogens with zero attached hydrogens (tertiary/aromatic N) is 1. The van der Waals surface area contributed by atoms with Crippen molar-refractivity contribution in [3.05, 3.63) is 58.3 Å². The number of carbonyl (C=O) groups is 1. The maximum atomic E-state index is 13.0. The van der Waals surface area contributed by atoms with Crippen molar-refractivity contribution in [1.82, 2.24) is 4.90 Å². The molecule has 0 unspecified atom stereocenters. The van der Waals surface area contributed by atoms with Gasteiger partial charge in [-0.3, -0.25) is 9.69 Å². The van der Waals surface area contributed by atoms with Crippen LogP contribution in [0.5, 0.6) is 5.75 Å². The number of hydrogen-bond donors (Lipinski definition) is 1. The number of nitrogens with one attached hydrogen (secondary N) is 1. The molecule has 6 heteroatoms. The zero-order valence-electron chi connectivity index (χ0n) is 13.7. The predicted octanol–water partition coefficient (Wildman–Crippen LogP) is 3.85. The summed E-state index contributed by atoms with van der Waals surface area (Å²) in [7, 11) is 1.84. The van der Waals surface area contributed by atoms with Crippen molar-refractivity contribution < 1.29 is 13.9 Å². The first-order valence-corrected chi connectivity index (χ1v) is 8.36. The van der Waals surface area contributed by atoms with Crippen LogP contribution in [-0.4, -0.2) is 37.6 Å². The number of ether oxygens (including phenoxy) is 1. The summed E-state index contributed by atoms with van der Waals surface area (Å²) >= 11 is 3.40. The third kappa shape index (κ3) is 5.94. The molecule has 0 aliphatic heterocycles. The Labute approximate surface area is 149 Å². The Morgan fingerprint density at radius 1 is 1.29 bits per heavy atom. The summed E-state index contributed by atoms with van der Waals surface area (Å²) in [4.78, 5) is 13.9. The lowest BCUT2D eigenvalue weighted by Gasteiger charge is -2.17. The van der Waals surface area contributed by atoms with E-state index in [1.54, 1.807) is 12.1 Å². The molecule has 2 rings (SSSR count). The summed E-state index contributed by atoms with van der Waals surface area (Å²) in [5.74, 6) is 0.0668. The topological polar surface area (TPSA) is 41.6 Å². The van der Waals surface area contributed by atoms with E-state index in [1.807, 2.05) is 37.1 Å². The van der Waals surface area contributed by atoms with Crippen molar-refractivity contribution in [2.24, 2.45) is 0 Å². The number of anilines is 1. The molecular weight excluding hydrogens is 375 g/mol. The Bertz CT molecular complexity index is 709. The van der Waals surface area contributed by atoms with Crippen molar-refractivity contribution in [1.29, 1.82) is 0 Å². The molecule has 0 spiro atoms. The second-order valence-corrected chi connectivity index (χ2v) is 6.47. The maximum Gasteiger partial charge on any atom is 0.238 e. The Kier molecular flexibility index (Phi) is 6.75. The second-order valence-electron chi connectivity index (χ2n) is 5.55. The van der Waals surface area contributed by atoms with Gasteiger partial charge in [-0.2, -0.15) is 0 Å². The fourth-order valence-electron chi connectivity index (χ4n) is 2.16. The van der Waals surface area contributed by atoms with E-state index < -0.39 is 0 Å². The predicted molar refractivity (Wildman–Crippen MR) is 96.9 cm³/mol. The van der Waals surface area contributed by atoms with E-state index in [0.29, 0.717) is 18.9 Å². The molecule has 0 fully saturated rings. The first-order valence-electron chi connectivity index (χ1n) is 7.57. The molecular formula is C18H20BrFN2O2. The van der Waals surface area contributed by atoms with Crippen LogP contribution >= 0.6 is 15.9 Å². The number of likely N-dealkylation sites (N-methyl/N-ethyl adjacent to an activating group) is 1. The molecule has 0 aliphatic carbocycles. The number of carbonyl (C=O) groups excluding carboxylic acids is 1. The molecule has 0 aromatic heterocycles. The van der Waals surface area contributed by atoms with Crippen LogP contribution in [0.4, 0.5) is 10.1 Å². The van der Waals surface area contributed by atoms with E-state index in [-0.39, 0.29) is 18.3 Å². The van der Waals surface area contributed by atoms with Crippen LogP contribution in [0.2, 0.25) is 0 Å². The van der Waals surface area contributed by atoms with Gasteiger partial charge in [-0.25, -0.2) is 4.39 Å². The van der Waals surface area contributed by atoms with Crippen molar-refractivity contribution >= 4 is 27.5 Å². The van der Waals surface area contributed by atoms with Crippen LogP contribution < -0.4 is 10.1 Å². The van der Waals surface area contributed by atoms with Crippen molar-refractivity contribution in [3.8, 4) is 5.75 Å². The number of amides is 1. The molecule has 0 bridgehead atoms. The van der Waals surface area contributed by atoms with Crippen LogP contribution in [0.25, 0.3) is 0 Å². The maximum absolute atomic E-state index is 13.0. The lowest BCUT2D eigenvalue weighted by molar-refractivity contribution is -0.117. The standard InChI is InChI=1S/C18H20BrFN2O2/c1-13-10-14(19)6-7-17(13)21-18(23)12-22(2)8-9-24-16-5-3-4-15(20)11-16/h3-7,10-11H,8-9,12H2,1-2H3,(H,21,23). The molecule has 0 radical (unpaired) electrons. The largest absolute Gasteiger partial charge is 0.492 e. The quantitative estimate of drug-likeness (QED) is 0.775. The minimum atomic E-state index is -0.329. The van der Waals surface area contributed by atoms with E-state index >= 15 is 0 Å². The number of rotatable bonds is 7. The van der Waals surface area contributed by atoms with Crippen molar-refractivity contribution in [3.63, 3.8) is 0 Å². The van der Waals surface area contributed by atoms with Gasteiger partial charge in [0.1, 0.15) is 18.2 Å². The van der Waals surface area contributed by atoms with Gasteiger partial charge in [0.25, 0.3) is 0 Å². The van der Waals surface area contributed by atoms with E-state index in [2.05, 4.69) is 21.2 Å². The minimum absolute atomic E-state index is 0.0892. The van der Waals surface area contributed by atoms with Gasteiger partial charge in [0.15, 0.2) is 0 Å². The molecule has 0 atom stereocenters. The summed E-state index contributed by atoms with van der Waals surface area (Å²) in [6.45, 7) is 3.13. The molecule has 0 saturated carbocycles. The summed E-state index contributed by atoms with van der Waals surface area (Å²) in [6.07, 6.45) is 0. The highest BCUT2D eigenvalue weighted by Crippen LogP contribution is 2.19. The normalized spacial score (nSPS) is 10.7. The third-order valence-corrected chi connectivity index (χ3v) is 3.91. The summed E-state index contributed by atoms with van der Waals surface area (Å²) < 4.78 is 19.5.